The number of carbonyl (C=O) groups is 1. The predicted molar refractivity (Wildman–Crippen MR) is 74.0 cm³/mol. The fraction of sp³-hybridized carbons (Fsp3) is 0.133. The fourth-order valence-electron chi connectivity index (χ4n) is 2.40. The van der Waals surface area contributed by atoms with Gasteiger partial charge in [0.15, 0.2) is 5.78 Å². The van der Waals surface area contributed by atoms with Gasteiger partial charge in [0.05, 0.1) is 16.8 Å². The van der Waals surface area contributed by atoms with Gasteiger partial charge in [-0.15, -0.1) is 0 Å². The SMILES string of the molecule is CC(=O)c1ccc2ncnc3/c(=C(/C)O)ccc1c23. The van der Waals surface area contributed by atoms with Crippen molar-refractivity contribution < 1.29 is 9.90 Å². The first-order valence-electron chi connectivity index (χ1n) is 5.96. The maximum atomic E-state index is 11.7. The van der Waals surface area contributed by atoms with E-state index in [4.69, 9.17) is 0 Å². The molecule has 0 aliphatic heterocycles. The van der Waals surface area contributed by atoms with Gasteiger partial charge in [-0.25, -0.2) is 9.97 Å². The van der Waals surface area contributed by atoms with Crippen LogP contribution >= 0.6 is 0 Å². The zero-order valence-corrected chi connectivity index (χ0v) is 10.6. The standard InChI is InChI=1S/C15H12N2O2/c1-8(18)10-5-6-13-14-12(10)4-3-11(9(2)19)15(14)17-7-16-13/h3-7,19H,1-2H3/b11-9-. The molecule has 0 atom stereocenters. The highest BCUT2D eigenvalue weighted by molar-refractivity contribution is 6.16. The molecule has 1 N–H and O–H groups in total. The molecule has 19 heavy (non-hydrogen) atoms. The minimum Gasteiger partial charge on any atom is -0.512 e. The van der Waals surface area contributed by atoms with Crippen LogP contribution in [0.25, 0.3) is 27.6 Å². The highest BCUT2D eigenvalue weighted by Gasteiger charge is 2.12. The summed E-state index contributed by atoms with van der Waals surface area (Å²) >= 11 is 0. The molecule has 0 aliphatic rings. The summed E-state index contributed by atoms with van der Waals surface area (Å²) in [6, 6.07) is 7.21. The molecule has 0 aliphatic carbocycles. The van der Waals surface area contributed by atoms with E-state index in [1.807, 2.05) is 12.1 Å². The normalized spacial score (nSPS) is 12.9. The Kier molecular flexibility index (Phi) is 2.45. The Morgan fingerprint density at radius 1 is 1.11 bits per heavy atom. The molecule has 0 amide bonds. The highest BCUT2D eigenvalue weighted by atomic mass is 16.3. The maximum absolute atomic E-state index is 11.7. The van der Waals surface area contributed by atoms with Crippen molar-refractivity contribution in [2.24, 2.45) is 0 Å². The van der Waals surface area contributed by atoms with Crippen molar-refractivity contribution in [3.8, 4) is 0 Å². The summed E-state index contributed by atoms with van der Waals surface area (Å²) < 4.78 is 0. The molecule has 4 nitrogen and oxygen atoms in total. The minimum absolute atomic E-state index is 0.00417. The van der Waals surface area contributed by atoms with Gasteiger partial charge in [0.25, 0.3) is 0 Å². The predicted octanol–water partition coefficient (Wildman–Crippen LogP) is 2.39. The molecule has 4 heteroatoms. The lowest BCUT2D eigenvalue weighted by molar-refractivity contribution is 0.101. The van der Waals surface area contributed by atoms with Gasteiger partial charge in [-0.3, -0.25) is 4.79 Å². The molecule has 0 unspecified atom stereocenters. The van der Waals surface area contributed by atoms with Crippen LogP contribution in [-0.4, -0.2) is 20.9 Å². The molecule has 2 aromatic carbocycles. The van der Waals surface area contributed by atoms with Crippen molar-refractivity contribution >= 4 is 33.3 Å². The van der Waals surface area contributed by atoms with E-state index in [2.05, 4.69) is 9.97 Å². The van der Waals surface area contributed by atoms with Crippen molar-refractivity contribution in [3.05, 3.63) is 41.4 Å². The van der Waals surface area contributed by atoms with Crippen LogP contribution in [0.1, 0.15) is 24.2 Å². The minimum atomic E-state index is 0.00417. The number of rotatable bonds is 1. The number of nitrogens with zero attached hydrogens (tertiary/aromatic N) is 2. The van der Waals surface area contributed by atoms with Crippen molar-refractivity contribution in [1.82, 2.24) is 9.97 Å². The summed E-state index contributed by atoms with van der Waals surface area (Å²) in [6.07, 6.45) is 1.47. The van der Waals surface area contributed by atoms with Gasteiger partial charge >= 0.3 is 0 Å². The molecule has 3 rings (SSSR count). The van der Waals surface area contributed by atoms with E-state index in [1.165, 1.54) is 13.3 Å². The summed E-state index contributed by atoms with van der Waals surface area (Å²) in [5.74, 6) is 0.208. The van der Waals surface area contributed by atoms with E-state index >= 15 is 0 Å². The van der Waals surface area contributed by atoms with Gasteiger partial charge in [-0.05, 0) is 37.4 Å². The van der Waals surface area contributed by atoms with Gasteiger partial charge in [0.1, 0.15) is 6.33 Å². The zero-order valence-electron chi connectivity index (χ0n) is 10.6. The van der Waals surface area contributed by atoms with Crippen molar-refractivity contribution in [1.29, 1.82) is 0 Å². The molecule has 1 aromatic heterocycles. The van der Waals surface area contributed by atoms with Crippen LogP contribution in [0.4, 0.5) is 0 Å². The quantitative estimate of drug-likeness (QED) is 0.675. The second-order valence-corrected chi connectivity index (χ2v) is 4.53. The van der Waals surface area contributed by atoms with Crippen LogP contribution in [0.2, 0.25) is 0 Å². The van der Waals surface area contributed by atoms with E-state index in [9.17, 15) is 9.90 Å². The van der Waals surface area contributed by atoms with E-state index in [0.717, 1.165) is 16.3 Å². The molecule has 3 aromatic rings. The Morgan fingerprint density at radius 3 is 2.58 bits per heavy atom. The van der Waals surface area contributed by atoms with Crippen molar-refractivity contribution in [2.75, 3.05) is 0 Å². The highest BCUT2D eigenvalue weighted by Crippen LogP contribution is 2.25. The number of aromatic nitrogens is 2. The number of aliphatic hydroxyl groups excluding tert-OH is 1. The number of hydrogen-bond acceptors (Lipinski definition) is 4. The van der Waals surface area contributed by atoms with Crippen molar-refractivity contribution in [2.45, 2.75) is 13.8 Å². The summed E-state index contributed by atoms with van der Waals surface area (Å²) in [5.41, 5.74) is 2.09. The molecule has 0 saturated heterocycles. The van der Waals surface area contributed by atoms with E-state index in [0.29, 0.717) is 16.3 Å². The van der Waals surface area contributed by atoms with Gasteiger partial charge in [0.2, 0.25) is 0 Å². The average molecular weight is 252 g/mol. The van der Waals surface area contributed by atoms with Crippen LogP contribution in [-0.2, 0) is 0 Å². The van der Waals surface area contributed by atoms with Crippen LogP contribution < -0.4 is 5.22 Å². The molecular formula is C15H12N2O2. The second-order valence-electron chi connectivity index (χ2n) is 4.53. The number of Topliss-reactive ketones (excluding diaryl/α,β-unsaturated/α-hetero) is 1. The maximum Gasteiger partial charge on any atom is 0.160 e. The number of carbonyl (C=O) groups excluding carboxylic acids is 1. The Hall–Kier alpha value is -2.49. The van der Waals surface area contributed by atoms with Crippen LogP contribution in [0.3, 0.4) is 0 Å². The molecule has 1 heterocycles. The Morgan fingerprint density at radius 2 is 1.89 bits per heavy atom. The van der Waals surface area contributed by atoms with Crippen LogP contribution in [0.15, 0.2) is 30.6 Å². The van der Waals surface area contributed by atoms with E-state index < -0.39 is 0 Å². The van der Waals surface area contributed by atoms with Gasteiger partial charge in [0, 0.05) is 16.2 Å². The third kappa shape index (κ3) is 1.64. The summed E-state index contributed by atoms with van der Waals surface area (Å²) in [7, 11) is 0. The number of ketones is 1. The molecule has 0 fully saturated rings. The lowest BCUT2D eigenvalue weighted by Crippen LogP contribution is -2.09. The van der Waals surface area contributed by atoms with Crippen molar-refractivity contribution in [3.63, 3.8) is 0 Å². The molecule has 0 radical (unpaired) electrons. The smallest absolute Gasteiger partial charge is 0.160 e. The third-order valence-corrected chi connectivity index (χ3v) is 3.28. The molecule has 94 valence electrons. The number of aliphatic hydroxyl groups is 1. The van der Waals surface area contributed by atoms with Crippen LogP contribution in [0, 0.1) is 0 Å². The zero-order chi connectivity index (χ0) is 13.6. The first kappa shape index (κ1) is 11.6. The molecular weight excluding hydrogens is 240 g/mol. The number of benzene rings is 2. The topological polar surface area (TPSA) is 63.1 Å². The second kappa shape index (κ2) is 4.02. The third-order valence-electron chi connectivity index (χ3n) is 3.28. The lowest BCUT2D eigenvalue weighted by Gasteiger charge is -2.08. The summed E-state index contributed by atoms with van der Waals surface area (Å²) in [4.78, 5) is 20.2. The largest absolute Gasteiger partial charge is 0.512 e. The van der Waals surface area contributed by atoms with Crippen LogP contribution in [0.5, 0.6) is 0 Å². The molecule has 0 bridgehead atoms. The van der Waals surface area contributed by atoms with Gasteiger partial charge < -0.3 is 5.11 Å². The van der Waals surface area contributed by atoms with Gasteiger partial charge in [-0.1, -0.05) is 6.07 Å². The first-order chi connectivity index (χ1) is 9.09. The Balaban J connectivity index is 2.66. The monoisotopic (exact) mass is 252 g/mol. The van der Waals surface area contributed by atoms with Gasteiger partial charge in [-0.2, -0.15) is 0 Å². The Bertz CT molecular complexity index is 865. The fourth-order valence-corrected chi connectivity index (χ4v) is 2.40. The Labute approximate surface area is 109 Å². The van der Waals surface area contributed by atoms with E-state index in [-0.39, 0.29) is 11.5 Å². The number of hydrogen-bond donors (Lipinski definition) is 1. The first-order valence-corrected chi connectivity index (χ1v) is 5.96. The summed E-state index contributed by atoms with van der Waals surface area (Å²) in [6.45, 7) is 3.16. The van der Waals surface area contributed by atoms with E-state index in [1.54, 1.807) is 19.1 Å². The molecule has 0 saturated carbocycles. The summed E-state index contributed by atoms with van der Waals surface area (Å²) in [5, 5.41) is 12.0. The lowest BCUT2D eigenvalue weighted by atomic mass is 9.99. The average Bonchev–Trinajstić information content (AvgIpc) is 2.39. The molecule has 0 spiro atoms.